The van der Waals surface area contributed by atoms with Gasteiger partial charge in [-0.15, -0.1) is 0 Å². The predicted molar refractivity (Wildman–Crippen MR) is 58.4 cm³/mol. The third kappa shape index (κ3) is 6.39. The van der Waals surface area contributed by atoms with E-state index in [-0.39, 0.29) is 0 Å². The van der Waals surface area contributed by atoms with Crippen molar-refractivity contribution in [3.05, 3.63) is 36.5 Å². The van der Waals surface area contributed by atoms with E-state index >= 15 is 0 Å². The van der Waals surface area contributed by atoms with Crippen LogP contribution < -0.4 is 0 Å². The minimum Gasteiger partial charge on any atom is -0.0882 e. The first-order valence-electron chi connectivity index (χ1n) is 5.35. The third-order valence-electron chi connectivity index (χ3n) is 2.21. The lowest BCUT2D eigenvalue weighted by Crippen LogP contribution is -1.74. The largest absolute Gasteiger partial charge is 0.0882 e. The Morgan fingerprint density at radius 3 is 2.38 bits per heavy atom. The normalized spacial score (nSPS) is 20.3. The van der Waals surface area contributed by atoms with Gasteiger partial charge >= 0.3 is 0 Å². The molecule has 0 heteroatoms. The second-order valence-electron chi connectivity index (χ2n) is 3.43. The summed E-state index contributed by atoms with van der Waals surface area (Å²) in [4.78, 5) is 0. The molecule has 1 rings (SSSR count). The monoisotopic (exact) mass is 175 g/mol. The summed E-state index contributed by atoms with van der Waals surface area (Å²) in [5.41, 5.74) is 0. The lowest BCUT2D eigenvalue weighted by Gasteiger charge is -1.94. The molecule has 0 bridgehead atoms. The SMILES string of the molecule is [C]1=CCC=CCCCCCC=CC1. The van der Waals surface area contributed by atoms with Crippen molar-refractivity contribution in [2.45, 2.75) is 44.9 Å². The summed E-state index contributed by atoms with van der Waals surface area (Å²) in [6.45, 7) is 0. The zero-order valence-electron chi connectivity index (χ0n) is 8.34. The van der Waals surface area contributed by atoms with E-state index in [1.165, 1.54) is 32.1 Å². The first-order chi connectivity index (χ1) is 6.50. The molecule has 13 heavy (non-hydrogen) atoms. The van der Waals surface area contributed by atoms with Gasteiger partial charge in [0.15, 0.2) is 0 Å². The molecule has 71 valence electrons. The maximum Gasteiger partial charge on any atom is -0.00978 e. The van der Waals surface area contributed by atoms with E-state index < -0.39 is 0 Å². The van der Waals surface area contributed by atoms with Crippen molar-refractivity contribution in [2.75, 3.05) is 0 Å². The van der Waals surface area contributed by atoms with Gasteiger partial charge in [-0.2, -0.15) is 0 Å². The number of allylic oxidation sites excluding steroid dienone is 6. The third-order valence-corrected chi connectivity index (χ3v) is 2.21. The summed E-state index contributed by atoms with van der Waals surface area (Å²) in [6, 6.07) is 0. The quantitative estimate of drug-likeness (QED) is 0.484. The molecule has 0 atom stereocenters. The van der Waals surface area contributed by atoms with Gasteiger partial charge in [0, 0.05) is 0 Å². The van der Waals surface area contributed by atoms with Crippen molar-refractivity contribution in [1.29, 1.82) is 0 Å². The molecule has 0 nitrogen and oxygen atoms in total. The molecule has 1 radical (unpaired) electrons. The maximum atomic E-state index is 3.26. The van der Waals surface area contributed by atoms with Crippen LogP contribution in [0.5, 0.6) is 0 Å². The first kappa shape index (κ1) is 10.3. The van der Waals surface area contributed by atoms with Crippen LogP contribution in [0, 0.1) is 6.08 Å². The second-order valence-corrected chi connectivity index (χ2v) is 3.43. The van der Waals surface area contributed by atoms with Gasteiger partial charge in [-0.05, 0) is 44.6 Å². The predicted octanol–water partition coefficient (Wildman–Crippen LogP) is 4.20. The zero-order valence-corrected chi connectivity index (χ0v) is 8.34. The molecular weight excluding hydrogens is 156 g/mol. The van der Waals surface area contributed by atoms with E-state index in [1.54, 1.807) is 0 Å². The van der Waals surface area contributed by atoms with E-state index in [1.807, 2.05) is 0 Å². The lowest BCUT2D eigenvalue weighted by atomic mass is 10.1. The summed E-state index contributed by atoms with van der Waals surface area (Å²) in [5.74, 6) is 0. The topological polar surface area (TPSA) is 0 Å². The molecule has 0 aliphatic heterocycles. The Hall–Kier alpha value is -0.780. The van der Waals surface area contributed by atoms with Crippen LogP contribution in [0.1, 0.15) is 44.9 Å². The average Bonchev–Trinajstić information content (AvgIpc) is 2.18. The van der Waals surface area contributed by atoms with Crippen LogP contribution in [0.2, 0.25) is 0 Å². The van der Waals surface area contributed by atoms with Crippen LogP contribution in [0.25, 0.3) is 0 Å². The lowest BCUT2D eigenvalue weighted by molar-refractivity contribution is 0.695. The summed E-state index contributed by atoms with van der Waals surface area (Å²) in [6.07, 6.45) is 23.0. The molecule has 0 spiro atoms. The molecule has 0 N–H and O–H groups in total. The molecule has 0 unspecified atom stereocenters. The van der Waals surface area contributed by atoms with Crippen molar-refractivity contribution >= 4 is 0 Å². The van der Waals surface area contributed by atoms with E-state index in [0.717, 1.165) is 12.8 Å². The van der Waals surface area contributed by atoms with Crippen LogP contribution in [0.15, 0.2) is 30.4 Å². The molecular formula is C13H19. The van der Waals surface area contributed by atoms with Crippen LogP contribution in [0.4, 0.5) is 0 Å². The summed E-state index contributed by atoms with van der Waals surface area (Å²) >= 11 is 0. The Kier molecular flexibility index (Phi) is 6.22. The van der Waals surface area contributed by atoms with Gasteiger partial charge in [0.05, 0.1) is 0 Å². The van der Waals surface area contributed by atoms with Crippen LogP contribution in [-0.2, 0) is 0 Å². The summed E-state index contributed by atoms with van der Waals surface area (Å²) in [7, 11) is 0. The minimum atomic E-state index is 0.980. The zero-order chi connectivity index (χ0) is 9.19. The highest BCUT2D eigenvalue weighted by molar-refractivity contribution is 4.93. The summed E-state index contributed by atoms with van der Waals surface area (Å²) < 4.78 is 0. The molecule has 0 aromatic heterocycles. The molecule has 0 saturated heterocycles. The van der Waals surface area contributed by atoms with Gasteiger partial charge in [0.1, 0.15) is 0 Å². The van der Waals surface area contributed by atoms with Crippen molar-refractivity contribution in [2.24, 2.45) is 0 Å². The highest BCUT2D eigenvalue weighted by Crippen LogP contribution is 2.05. The molecule has 0 aromatic rings. The highest BCUT2D eigenvalue weighted by atomic mass is 13.9. The molecule has 0 aromatic carbocycles. The minimum absolute atomic E-state index is 0.980. The highest BCUT2D eigenvalue weighted by Gasteiger charge is 1.86. The van der Waals surface area contributed by atoms with Gasteiger partial charge < -0.3 is 0 Å². The second kappa shape index (κ2) is 7.85. The van der Waals surface area contributed by atoms with E-state index in [4.69, 9.17) is 0 Å². The summed E-state index contributed by atoms with van der Waals surface area (Å²) in [5, 5.41) is 0. The number of hydrogen-bond acceptors (Lipinski definition) is 0. The van der Waals surface area contributed by atoms with Crippen LogP contribution >= 0.6 is 0 Å². The van der Waals surface area contributed by atoms with Crippen LogP contribution in [0.3, 0.4) is 0 Å². The molecule has 0 fully saturated rings. The number of hydrogen-bond donors (Lipinski definition) is 0. The smallest absolute Gasteiger partial charge is 0.00978 e. The maximum absolute atomic E-state index is 3.26. The van der Waals surface area contributed by atoms with E-state index in [2.05, 4.69) is 36.5 Å². The standard InChI is InChI=1S/C13H19/c1-2-4-6-8-10-12-13-11-9-7-5-3-1/h1-2,5,11,13H,3-4,6,8-10,12H2. The van der Waals surface area contributed by atoms with Crippen molar-refractivity contribution in [3.8, 4) is 0 Å². The Morgan fingerprint density at radius 1 is 0.769 bits per heavy atom. The van der Waals surface area contributed by atoms with Gasteiger partial charge in [0.2, 0.25) is 0 Å². The van der Waals surface area contributed by atoms with Crippen LogP contribution in [-0.4, -0.2) is 0 Å². The van der Waals surface area contributed by atoms with Gasteiger partial charge in [0.25, 0.3) is 0 Å². The molecule has 0 saturated carbocycles. The fourth-order valence-electron chi connectivity index (χ4n) is 1.42. The fraction of sp³-hybridized carbons (Fsp3) is 0.538. The number of rotatable bonds is 0. The van der Waals surface area contributed by atoms with Gasteiger partial charge in [-0.1, -0.05) is 36.8 Å². The molecule has 1 aliphatic carbocycles. The average molecular weight is 175 g/mol. The van der Waals surface area contributed by atoms with Gasteiger partial charge in [-0.25, -0.2) is 0 Å². The van der Waals surface area contributed by atoms with E-state index in [0.29, 0.717) is 0 Å². The van der Waals surface area contributed by atoms with Crippen molar-refractivity contribution < 1.29 is 0 Å². The van der Waals surface area contributed by atoms with Crippen molar-refractivity contribution in [1.82, 2.24) is 0 Å². The van der Waals surface area contributed by atoms with E-state index in [9.17, 15) is 0 Å². The molecule has 1 aliphatic rings. The first-order valence-corrected chi connectivity index (χ1v) is 5.35. The van der Waals surface area contributed by atoms with Crippen molar-refractivity contribution in [3.63, 3.8) is 0 Å². The molecule has 0 heterocycles. The Labute approximate surface area is 82.0 Å². The Bertz CT molecular complexity index is 164. The Morgan fingerprint density at radius 2 is 1.54 bits per heavy atom. The fourth-order valence-corrected chi connectivity index (χ4v) is 1.42. The van der Waals surface area contributed by atoms with Gasteiger partial charge in [-0.3, -0.25) is 0 Å². The Balaban J connectivity index is 2.28. The molecule has 0 amide bonds.